The molecule has 0 unspecified atom stereocenters. The molecule has 3 aromatic heterocycles. The van der Waals surface area contributed by atoms with Crippen LogP contribution >= 0.6 is 0 Å². The number of hydrogen-bond donors (Lipinski definition) is 0. The maximum atomic E-state index is 13.1. The summed E-state index contributed by atoms with van der Waals surface area (Å²) in [6, 6.07) is 7.89. The Hall–Kier alpha value is -2.89. The second kappa shape index (κ2) is 7.85. The Balaban J connectivity index is 1.48. The summed E-state index contributed by atoms with van der Waals surface area (Å²) in [5.74, 6) is 1.40. The first kappa shape index (κ1) is 19.4. The molecule has 6 heteroatoms. The Morgan fingerprint density at radius 2 is 2.00 bits per heavy atom. The zero-order valence-electron chi connectivity index (χ0n) is 17.5. The van der Waals surface area contributed by atoms with E-state index >= 15 is 0 Å². The number of piperidine rings is 1. The first-order chi connectivity index (χ1) is 13.9. The monoisotopic (exact) mass is 391 g/mol. The van der Waals surface area contributed by atoms with E-state index in [1.165, 1.54) is 0 Å². The minimum Gasteiger partial charge on any atom is -0.348 e. The van der Waals surface area contributed by atoms with Crippen molar-refractivity contribution in [2.75, 3.05) is 13.1 Å². The topological polar surface area (TPSA) is 56.0 Å². The van der Waals surface area contributed by atoms with E-state index in [-0.39, 0.29) is 17.4 Å². The number of hydrogen-bond acceptors (Lipinski definition) is 3. The molecule has 1 amide bonds. The summed E-state index contributed by atoms with van der Waals surface area (Å²) in [6.07, 6.45) is 11.7. The molecule has 0 bridgehead atoms. The molecule has 1 aliphatic rings. The largest absolute Gasteiger partial charge is 0.348 e. The predicted molar refractivity (Wildman–Crippen MR) is 113 cm³/mol. The zero-order chi connectivity index (χ0) is 20.4. The normalized spacial score (nSPS) is 17.5. The highest BCUT2D eigenvalue weighted by atomic mass is 16.2. The van der Waals surface area contributed by atoms with Gasteiger partial charge in [-0.2, -0.15) is 0 Å². The maximum Gasteiger partial charge on any atom is 0.255 e. The summed E-state index contributed by atoms with van der Waals surface area (Å²) in [6.45, 7) is 8.63. The quantitative estimate of drug-likeness (QED) is 0.678. The van der Waals surface area contributed by atoms with E-state index < -0.39 is 0 Å². The maximum absolute atomic E-state index is 13.1. The van der Waals surface area contributed by atoms with Crippen molar-refractivity contribution in [2.45, 2.75) is 51.6 Å². The lowest BCUT2D eigenvalue weighted by molar-refractivity contribution is 0.0703. The SMILES string of the molecule is CC(C)(C)n1ccc(C(=O)N2CCC[C@@H](c3nccn3Cc3ccccn3)C2)c1. The van der Waals surface area contributed by atoms with Gasteiger partial charge in [0.15, 0.2) is 0 Å². The van der Waals surface area contributed by atoms with Gasteiger partial charge in [0.25, 0.3) is 5.91 Å². The van der Waals surface area contributed by atoms with Gasteiger partial charge in [-0.15, -0.1) is 0 Å². The third-order valence-electron chi connectivity index (χ3n) is 5.59. The van der Waals surface area contributed by atoms with Crippen molar-refractivity contribution in [1.82, 2.24) is 24.0 Å². The molecule has 0 radical (unpaired) electrons. The number of likely N-dealkylation sites (tertiary alicyclic amines) is 1. The van der Waals surface area contributed by atoms with E-state index in [2.05, 4.69) is 39.9 Å². The summed E-state index contributed by atoms with van der Waals surface area (Å²) < 4.78 is 4.26. The third kappa shape index (κ3) is 4.26. The van der Waals surface area contributed by atoms with Gasteiger partial charge in [0, 0.05) is 55.5 Å². The number of carbonyl (C=O) groups is 1. The highest BCUT2D eigenvalue weighted by Gasteiger charge is 2.29. The van der Waals surface area contributed by atoms with Crippen molar-refractivity contribution < 1.29 is 4.79 Å². The Morgan fingerprint density at radius 1 is 1.14 bits per heavy atom. The van der Waals surface area contributed by atoms with Gasteiger partial charge in [-0.1, -0.05) is 6.07 Å². The summed E-state index contributed by atoms with van der Waals surface area (Å²) >= 11 is 0. The van der Waals surface area contributed by atoms with Crippen LogP contribution in [0.2, 0.25) is 0 Å². The number of aromatic nitrogens is 4. The van der Waals surface area contributed by atoms with Crippen LogP contribution in [0.1, 0.15) is 61.4 Å². The van der Waals surface area contributed by atoms with E-state index in [9.17, 15) is 4.79 Å². The van der Waals surface area contributed by atoms with E-state index in [0.717, 1.165) is 36.5 Å². The number of amides is 1. The summed E-state index contributed by atoms with van der Waals surface area (Å²) in [7, 11) is 0. The first-order valence-corrected chi connectivity index (χ1v) is 10.3. The van der Waals surface area contributed by atoms with Gasteiger partial charge in [-0.05, 0) is 51.8 Å². The van der Waals surface area contributed by atoms with E-state index in [4.69, 9.17) is 0 Å². The van der Waals surface area contributed by atoms with Crippen LogP contribution in [0.15, 0.2) is 55.2 Å². The minimum atomic E-state index is -0.0286. The van der Waals surface area contributed by atoms with Crippen molar-refractivity contribution in [3.63, 3.8) is 0 Å². The fraction of sp³-hybridized carbons (Fsp3) is 0.435. The fourth-order valence-electron chi connectivity index (χ4n) is 3.98. The summed E-state index contributed by atoms with van der Waals surface area (Å²) in [5.41, 5.74) is 1.75. The van der Waals surface area contributed by atoms with Gasteiger partial charge in [-0.3, -0.25) is 9.78 Å². The molecule has 1 fully saturated rings. The van der Waals surface area contributed by atoms with Crippen LogP contribution in [0, 0.1) is 0 Å². The van der Waals surface area contributed by atoms with Gasteiger partial charge < -0.3 is 14.0 Å². The van der Waals surface area contributed by atoms with Gasteiger partial charge in [-0.25, -0.2) is 4.98 Å². The molecule has 0 aliphatic carbocycles. The van der Waals surface area contributed by atoms with Crippen LogP contribution in [0.5, 0.6) is 0 Å². The Kier molecular flexibility index (Phi) is 5.26. The number of pyridine rings is 1. The number of nitrogens with zero attached hydrogens (tertiary/aromatic N) is 5. The van der Waals surface area contributed by atoms with Crippen LogP contribution in [0.3, 0.4) is 0 Å². The van der Waals surface area contributed by atoms with Crippen LogP contribution in [-0.4, -0.2) is 43.0 Å². The van der Waals surface area contributed by atoms with Gasteiger partial charge in [0.2, 0.25) is 0 Å². The molecule has 4 heterocycles. The van der Waals surface area contributed by atoms with Crippen molar-refractivity contribution >= 4 is 5.91 Å². The molecule has 0 aromatic carbocycles. The van der Waals surface area contributed by atoms with Crippen molar-refractivity contribution in [2.24, 2.45) is 0 Å². The molecule has 152 valence electrons. The van der Waals surface area contributed by atoms with Gasteiger partial charge in [0.05, 0.1) is 17.8 Å². The molecule has 0 N–H and O–H groups in total. The molecule has 0 spiro atoms. The van der Waals surface area contributed by atoms with Crippen molar-refractivity contribution in [1.29, 1.82) is 0 Å². The average Bonchev–Trinajstić information content (AvgIpc) is 3.38. The second-order valence-corrected chi connectivity index (χ2v) is 8.80. The Labute approximate surface area is 172 Å². The Bertz CT molecular complexity index is 967. The van der Waals surface area contributed by atoms with Crippen molar-refractivity contribution in [3.8, 4) is 0 Å². The molecular weight excluding hydrogens is 362 g/mol. The smallest absolute Gasteiger partial charge is 0.255 e. The predicted octanol–water partition coefficient (Wildman–Crippen LogP) is 3.90. The van der Waals surface area contributed by atoms with Crippen molar-refractivity contribution in [3.05, 3.63) is 72.3 Å². The lowest BCUT2D eigenvalue weighted by Crippen LogP contribution is -2.39. The zero-order valence-corrected chi connectivity index (χ0v) is 17.5. The average molecular weight is 392 g/mol. The molecule has 1 saturated heterocycles. The van der Waals surface area contributed by atoms with Gasteiger partial charge in [0.1, 0.15) is 5.82 Å². The molecular formula is C23H29N5O. The molecule has 3 aromatic rings. The van der Waals surface area contributed by atoms with Crippen LogP contribution < -0.4 is 0 Å². The fourth-order valence-corrected chi connectivity index (χ4v) is 3.98. The first-order valence-electron chi connectivity index (χ1n) is 10.3. The second-order valence-electron chi connectivity index (χ2n) is 8.80. The lowest BCUT2D eigenvalue weighted by atomic mass is 9.96. The molecule has 4 rings (SSSR count). The number of rotatable bonds is 4. The van der Waals surface area contributed by atoms with E-state index in [0.29, 0.717) is 13.1 Å². The Morgan fingerprint density at radius 3 is 2.72 bits per heavy atom. The van der Waals surface area contributed by atoms with Crippen LogP contribution in [0.4, 0.5) is 0 Å². The molecule has 29 heavy (non-hydrogen) atoms. The van der Waals surface area contributed by atoms with Crippen LogP contribution in [-0.2, 0) is 12.1 Å². The third-order valence-corrected chi connectivity index (χ3v) is 5.59. The highest BCUT2D eigenvalue weighted by molar-refractivity contribution is 5.94. The molecule has 0 saturated carbocycles. The molecule has 1 atom stereocenters. The molecule has 1 aliphatic heterocycles. The minimum absolute atomic E-state index is 0.0286. The number of imidazole rings is 1. The molecule has 6 nitrogen and oxygen atoms in total. The van der Waals surface area contributed by atoms with E-state index in [1.54, 1.807) is 0 Å². The summed E-state index contributed by atoms with van der Waals surface area (Å²) in [4.78, 5) is 24.2. The van der Waals surface area contributed by atoms with Crippen LogP contribution in [0.25, 0.3) is 0 Å². The van der Waals surface area contributed by atoms with Gasteiger partial charge >= 0.3 is 0 Å². The number of carbonyl (C=O) groups excluding carboxylic acids is 1. The summed E-state index contributed by atoms with van der Waals surface area (Å²) in [5, 5.41) is 0. The lowest BCUT2D eigenvalue weighted by Gasteiger charge is -2.32. The van der Waals surface area contributed by atoms with E-state index in [1.807, 2.05) is 60.1 Å². The highest BCUT2D eigenvalue weighted by Crippen LogP contribution is 2.27. The standard InChI is InChI=1S/C23H29N5O/c1-23(2,3)28-13-9-19(16-28)22(29)27-12-6-7-18(15-27)21-25-11-14-26(21)17-20-8-4-5-10-24-20/h4-5,8-11,13-14,16,18H,6-7,12,15,17H2,1-3H3/t18-/m1/s1.